The van der Waals surface area contributed by atoms with Gasteiger partial charge in [-0.2, -0.15) is 0 Å². The third-order valence-corrected chi connectivity index (χ3v) is 4.29. The highest BCUT2D eigenvalue weighted by atomic mass is 79.9. The number of hydrogen-bond donors (Lipinski definition) is 3. The number of nitrogens with one attached hydrogen (secondary N) is 2. The Bertz CT molecular complexity index is 790. The van der Waals surface area contributed by atoms with Crippen LogP contribution in [0.2, 0.25) is 0 Å². The van der Waals surface area contributed by atoms with Gasteiger partial charge in [-0.3, -0.25) is 15.5 Å². The number of rotatable bonds is 4. The minimum atomic E-state index is -0.441. The smallest absolute Gasteiger partial charge is 0.228 e. The van der Waals surface area contributed by atoms with Crippen LogP contribution in [-0.4, -0.2) is 27.3 Å². The van der Waals surface area contributed by atoms with Gasteiger partial charge in [-0.25, -0.2) is 14.0 Å². The number of amidine groups is 1. The molecule has 1 fully saturated rings. The maximum atomic E-state index is 13.3. The second kappa shape index (κ2) is 7.05. The van der Waals surface area contributed by atoms with Crippen LogP contribution in [-0.2, 0) is 4.79 Å². The Kier molecular flexibility index (Phi) is 4.86. The van der Waals surface area contributed by atoms with Crippen molar-refractivity contribution >= 4 is 39.2 Å². The van der Waals surface area contributed by atoms with Crippen molar-refractivity contribution < 1.29 is 19.0 Å². The first-order valence-electron chi connectivity index (χ1n) is 7.16. The standard InChI is InChI=1S/C14H13BrFN5O3/c15-9-6-8(4-5-10(9)16)17-12(19-23)11-13(21-24-20-11)18-14(22)7-2-1-3-7/h4-7,23H,1-3H2,(H,17,19)(H,18,21,22). The van der Waals surface area contributed by atoms with Crippen molar-refractivity contribution in [3.63, 3.8) is 0 Å². The monoisotopic (exact) mass is 397 g/mol. The van der Waals surface area contributed by atoms with Gasteiger partial charge < -0.3 is 5.32 Å². The lowest BCUT2D eigenvalue weighted by atomic mass is 9.85. The molecule has 3 rings (SSSR count). The fourth-order valence-electron chi connectivity index (χ4n) is 2.13. The first kappa shape index (κ1) is 16.5. The Morgan fingerprint density at radius 1 is 1.42 bits per heavy atom. The highest BCUT2D eigenvalue weighted by Gasteiger charge is 2.27. The van der Waals surface area contributed by atoms with Crippen molar-refractivity contribution in [1.82, 2.24) is 15.8 Å². The zero-order valence-electron chi connectivity index (χ0n) is 12.3. The van der Waals surface area contributed by atoms with E-state index in [9.17, 15) is 14.4 Å². The number of anilines is 1. The molecular formula is C14H13BrFN5O3. The van der Waals surface area contributed by atoms with Crippen molar-refractivity contribution in [2.24, 2.45) is 10.9 Å². The van der Waals surface area contributed by atoms with E-state index < -0.39 is 5.82 Å². The van der Waals surface area contributed by atoms with Gasteiger partial charge in [0.1, 0.15) is 5.82 Å². The van der Waals surface area contributed by atoms with Crippen LogP contribution in [0.25, 0.3) is 0 Å². The summed E-state index contributed by atoms with van der Waals surface area (Å²) in [5.41, 5.74) is 2.26. The molecule has 0 aliphatic heterocycles. The van der Waals surface area contributed by atoms with Crippen LogP contribution in [0.3, 0.4) is 0 Å². The van der Waals surface area contributed by atoms with Gasteiger partial charge >= 0.3 is 0 Å². The number of aliphatic imine (C=N–C) groups is 1. The Morgan fingerprint density at radius 3 is 2.83 bits per heavy atom. The lowest BCUT2D eigenvalue weighted by Crippen LogP contribution is -2.29. The molecule has 1 aromatic carbocycles. The minimum Gasteiger partial charge on any atom is -0.306 e. The molecule has 0 unspecified atom stereocenters. The normalized spacial score (nSPS) is 15.0. The molecule has 0 saturated heterocycles. The maximum absolute atomic E-state index is 13.3. The zero-order chi connectivity index (χ0) is 17.1. The van der Waals surface area contributed by atoms with Crippen molar-refractivity contribution in [2.75, 3.05) is 5.32 Å². The van der Waals surface area contributed by atoms with Gasteiger partial charge in [0.25, 0.3) is 0 Å². The maximum Gasteiger partial charge on any atom is 0.228 e. The summed E-state index contributed by atoms with van der Waals surface area (Å²) in [7, 11) is 0. The van der Waals surface area contributed by atoms with E-state index in [0.29, 0.717) is 5.69 Å². The lowest BCUT2D eigenvalue weighted by molar-refractivity contribution is -0.122. The molecule has 0 radical (unpaired) electrons. The van der Waals surface area contributed by atoms with Gasteiger partial charge in [0.05, 0.1) is 10.2 Å². The van der Waals surface area contributed by atoms with E-state index in [0.717, 1.165) is 19.3 Å². The van der Waals surface area contributed by atoms with E-state index in [1.54, 1.807) is 0 Å². The van der Waals surface area contributed by atoms with Crippen molar-refractivity contribution in [3.8, 4) is 0 Å². The van der Waals surface area contributed by atoms with Crippen molar-refractivity contribution in [2.45, 2.75) is 19.3 Å². The molecular weight excluding hydrogens is 385 g/mol. The van der Waals surface area contributed by atoms with Crippen molar-refractivity contribution in [1.29, 1.82) is 0 Å². The van der Waals surface area contributed by atoms with Gasteiger partial charge in [-0.05, 0) is 57.3 Å². The molecule has 1 heterocycles. The van der Waals surface area contributed by atoms with Crippen molar-refractivity contribution in [3.05, 3.63) is 34.2 Å². The molecule has 2 aromatic rings. The number of nitrogens with zero attached hydrogens (tertiary/aromatic N) is 3. The molecule has 10 heteroatoms. The highest BCUT2D eigenvalue weighted by Crippen LogP contribution is 2.28. The van der Waals surface area contributed by atoms with Gasteiger partial charge in [-0.15, -0.1) is 0 Å². The van der Waals surface area contributed by atoms with E-state index in [1.807, 2.05) is 5.48 Å². The summed E-state index contributed by atoms with van der Waals surface area (Å²) < 4.78 is 18.1. The predicted molar refractivity (Wildman–Crippen MR) is 85.5 cm³/mol. The average Bonchev–Trinajstić information content (AvgIpc) is 2.94. The van der Waals surface area contributed by atoms with E-state index in [4.69, 9.17) is 0 Å². The molecule has 8 nitrogen and oxygen atoms in total. The number of amides is 1. The summed E-state index contributed by atoms with van der Waals surface area (Å²) in [4.78, 5) is 16.1. The average molecular weight is 398 g/mol. The van der Waals surface area contributed by atoms with Gasteiger partial charge in [0.15, 0.2) is 11.5 Å². The molecule has 0 atom stereocenters. The quantitative estimate of drug-likeness (QED) is 0.415. The van der Waals surface area contributed by atoms with Gasteiger partial charge in [0.2, 0.25) is 11.7 Å². The number of halogens is 2. The summed E-state index contributed by atoms with van der Waals surface area (Å²) in [5.74, 6) is -0.721. The molecule has 0 spiro atoms. The lowest BCUT2D eigenvalue weighted by Gasteiger charge is -2.23. The molecule has 1 aliphatic carbocycles. The number of hydroxylamine groups is 1. The highest BCUT2D eigenvalue weighted by molar-refractivity contribution is 9.10. The SMILES string of the molecule is O=C(Nc1nonc1C(=Nc1ccc(F)c(Br)c1)NO)C1CCC1. The first-order valence-corrected chi connectivity index (χ1v) is 7.95. The Labute approximate surface area is 144 Å². The summed E-state index contributed by atoms with van der Waals surface area (Å²) in [6, 6.07) is 4.06. The largest absolute Gasteiger partial charge is 0.306 e. The van der Waals surface area contributed by atoms with Gasteiger partial charge in [-0.1, -0.05) is 6.42 Å². The van der Waals surface area contributed by atoms with Gasteiger partial charge in [0, 0.05) is 5.92 Å². The zero-order valence-corrected chi connectivity index (χ0v) is 13.9. The number of carbonyl (C=O) groups is 1. The fraction of sp³-hybridized carbons (Fsp3) is 0.286. The van der Waals surface area contributed by atoms with E-state index in [1.165, 1.54) is 18.2 Å². The summed E-state index contributed by atoms with van der Waals surface area (Å²) in [5, 5.41) is 19.2. The Morgan fingerprint density at radius 2 is 2.21 bits per heavy atom. The van der Waals surface area contributed by atoms with Crippen LogP contribution in [0, 0.1) is 11.7 Å². The third kappa shape index (κ3) is 3.44. The second-order valence-electron chi connectivity index (χ2n) is 5.25. The third-order valence-electron chi connectivity index (χ3n) is 3.68. The molecule has 126 valence electrons. The molecule has 3 N–H and O–H groups in total. The number of benzene rings is 1. The molecule has 1 aliphatic rings. The van der Waals surface area contributed by atoms with E-state index in [2.05, 4.69) is 41.2 Å². The predicted octanol–water partition coefficient (Wildman–Crippen LogP) is 2.77. The van der Waals surface area contributed by atoms with E-state index >= 15 is 0 Å². The van der Waals surface area contributed by atoms with Crippen LogP contribution in [0.1, 0.15) is 25.0 Å². The number of hydrogen-bond acceptors (Lipinski definition) is 6. The Balaban J connectivity index is 1.85. The van der Waals surface area contributed by atoms with E-state index in [-0.39, 0.29) is 33.6 Å². The van der Waals surface area contributed by atoms with Crippen LogP contribution in [0.5, 0.6) is 0 Å². The minimum absolute atomic E-state index is 0.0330. The molecule has 1 amide bonds. The first-order chi connectivity index (χ1) is 11.6. The molecule has 0 bridgehead atoms. The number of carbonyl (C=O) groups excluding carboxylic acids is 1. The molecule has 1 aromatic heterocycles. The molecule has 1 saturated carbocycles. The van der Waals surface area contributed by atoms with Crippen LogP contribution >= 0.6 is 15.9 Å². The summed E-state index contributed by atoms with van der Waals surface area (Å²) in [6.07, 6.45) is 2.68. The summed E-state index contributed by atoms with van der Waals surface area (Å²) in [6.45, 7) is 0. The molecule has 24 heavy (non-hydrogen) atoms. The van der Waals surface area contributed by atoms with Crippen LogP contribution < -0.4 is 10.8 Å². The van der Waals surface area contributed by atoms with Crippen LogP contribution in [0.4, 0.5) is 15.9 Å². The summed E-state index contributed by atoms with van der Waals surface area (Å²) >= 11 is 3.05. The second-order valence-corrected chi connectivity index (χ2v) is 6.10. The Hall–Kier alpha value is -2.33. The van der Waals surface area contributed by atoms with Crippen LogP contribution in [0.15, 0.2) is 32.3 Å². The fourth-order valence-corrected chi connectivity index (χ4v) is 2.50. The number of aromatic nitrogens is 2. The topological polar surface area (TPSA) is 113 Å².